The first-order valence-electron chi connectivity index (χ1n) is 5.43. The van der Waals surface area contributed by atoms with Crippen molar-refractivity contribution in [2.24, 2.45) is 0 Å². The zero-order valence-corrected chi connectivity index (χ0v) is 9.26. The van der Waals surface area contributed by atoms with Crippen LogP contribution in [0.1, 0.15) is 29.5 Å². The maximum atomic E-state index is 11.0. The van der Waals surface area contributed by atoms with Crippen molar-refractivity contribution >= 4 is 6.29 Å². The maximum absolute atomic E-state index is 11.0. The fraction of sp³-hybridized carbons (Fsp3) is 0.231. The summed E-state index contributed by atoms with van der Waals surface area (Å²) in [5.41, 5.74) is 1.59. The quantitative estimate of drug-likeness (QED) is 0.733. The lowest BCUT2D eigenvalue weighted by molar-refractivity contribution is 0.112. The molecule has 0 radical (unpaired) electrons. The van der Waals surface area contributed by atoms with Gasteiger partial charge in [0, 0.05) is 24.4 Å². The molecular weight excluding hydrogens is 200 g/mol. The second-order valence-corrected chi connectivity index (χ2v) is 3.64. The highest BCUT2D eigenvalue weighted by molar-refractivity contribution is 5.80. The first-order chi connectivity index (χ1) is 7.86. The summed E-state index contributed by atoms with van der Waals surface area (Å²) < 4.78 is 1.98. The zero-order chi connectivity index (χ0) is 11.4. The minimum atomic E-state index is 0.692. The molecule has 0 aliphatic heterocycles. The van der Waals surface area contributed by atoms with E-state index >= 15 is 0 Å². The molecule has 16 heavy (non-hydrogen) atoms. The normalized spacial score (nSPS) is 10.3. The van der Waals surface area contributed by atoms with E-state index in [4.69, 9.17) is 0 Å². The molecule has 0 aliphatic rings. The number of aromatic nitrogens is 2. The summed E-state index contributed by atoms with van der Waals surface area (Å²) >= 11 is 0. The van der Waals surface area contributed by atoms with Crippen LogP contribution in [0.3, 0.4) is 0 Å². The molecule has 0 saturated carbocycles. The lowest BCUT2D eigenvalue weighted by Crippen LogP contribution is -2.03. The van der Waals surface area contributed by atoms with Gasteiger partial charge >= 0.3 is 0 Å². The van der Waals surface area contributed by atoms with E-state index in [-0.39, 0.29) is 0 Å². The highest BCUT2D eigenvalue weighted by atomic mass is 16.1. The van der Waals surface area contributed by atoms with Crippen molar-refractivity contribution in [2.75, 3.05) is 0 Å². The molecule has 2 rings (SSSR count). The monoisotopic (exact) mass is 214 g/mol. The Bertz CT molecular complexity index is 488. The molecule has 1 aromatic heterocycles. The van der Waals surface area contributed by atoms with Crippen LogP contribution in [-0.2, 0) is 6.42 Å². The van der Waals surface area contributed by atoms with Crippen molar-refractivity contribution < 1.29 is 4.79 Å². The second-order valence-electron chi connectivity index (χ2n) is 3.64. The van der Waals surface area contributed by atoms with Crippen molar-refractivity contribution in [2.45, 2.75) is 19.8 Å². The van der Waals surface area contributed by atoms with Crippen molar-refractivity contribution in [3.05, 3.63) is 48.0 Å². The van der Waals surface area contributed by atoms with Crippen LogP contribution in [0.4, 0.5) is 0 Å². The predicted octanol–water partition coefficient (Wildman–Crippen LogP) is 2.64. The van der Waals surface area contributed by atoms with Crippen LogP contribution in [0.25, 0.3) is 5.69 Å². The Kier molecular flexibility index (Phi) is 3.15. The number of imidazole rings is 1. The Morgan fingerprint density at radius 3 is 2.94 bits per heavy atom. The number of benzene rings is 1. The third kappa shape index (κ3) is 1.89. The Morgan fingerprint density at radius 2 is 2.19 bits per heavy atom. The average molecular weight is 214 g/mol. The molecule has 1 heterocycles. The van der Waals surface area contributed by atoms with E-state index in [9.17, 15) is 4.79 Å². The number of nitrogens with zero attached hydrogens (tertiary/aromatic N) is 2. The lowest BCUT2D eigenvalue weighted by atomic mass is 10.2. The van der Waals surface area contributed by atoms with Gasteiger partial charge in [-0.05, 0) is 18.6 Å². The molecule has 0 saturated heterocycles. The van der Waals surface area contributed by atoms with Gasteiger partial charge in [-0.15, -0.1) is 0 Å². The fourth-order valence-corrected chi connectivity index (χ4v) is 1.77. The molecule has 2 aromatic rings. The van der Waals surface area contributed by atoms with Crippen LogP contribution < -0.4 is 0 Å². The molecule has 0 fully saturated rings. The number of aldehydes is 1. The van der Waals surface area contributed by atoms with Gasteiger partial charge in [0.25, 0.3) is 0 Å². The number of para-hydroxylation sites is 1. The molecule has 1 aromatic carbocycles. The first-order valence-corrected chi connectivity index (χ1v) is 5.43. The minimum absolute atomic E-state index is 0.692. The van der Waals surface area contributed by atoms with Gasteiger partial charge in [-0.1, -0.05) is 19.1 Å². The standard InChI is InChI=1S/C13H14N2O/c1-2-5-13-14-8-9-15(13)12-7-4-3-6-11(12)10-16/h3-4,6-10H,2,5H2,1H3. The van der Waals surface area contributed by atoms with E-state index in [2.05, 4.69) is 11.9 Å². The van der Waals surface area contributed by atoms with Crippen LogP contribution in [0, 0.1) is 0 Å². The molecule has 3 heteroatoms. The van der Waals surface area contributed by atoms with Gasteiger partial charge < -0.3 is 4.57 Å². The van der Waals surface area contributed by atoms with Crippen molar-refractivity contribution in [3.63, 3.8) is 0 Å². The lowest BCUT2D eigenvalue weighted by Gasteiger charge is -2.09. The van der Waals surface area contributed by atoms with E-state index in [1.807, 2.05) is 35.0 Å². The van der Waals surface area contributed by atoms with Gasteiger partial charge in [-0.3, -0.25) is 4.79 Å². The topological polar surface area (TPSA) is 34.9 Å². The van der Waals surface area contributed by atoms with Gasteiger partial charge in [0.1, 0.15) is 5.82 Å². The fourth-order valence-electron chi connectivity index (χ4n) is 1.77. The zero-order valence-electron chi connectivity index (χ0n) is 9.26. The molecule has 82 valence electrons. The van der Waals surface area contributed by atoms with Crippen molar-refractivity contribution in [1.82, 2.24) is 9.55 Å². The minimum Gasteiger partial charge on any atom is -0.303 e. The summed E-state index contributed by atoms with van der Waals surface area (Å²) in [5, 5.41) is 0. The van der Waals surface area contributed by atoms with Crippen LogP contribution in [-0.4, -0.2) is 15.8 Å². The Balaban J connectivity index is 2.49. The van der Waals surface area contributed by atoms with Crippen LogP contribution in [0.2, 0.25) is 0 Å². The van der Waals surface area contributed by atoms with E-state index < -0.39 is 0 Å². The Labute approximate surface area is 94.7 Å². The summed E-state index contributed by atoms with van der Waals surface area (Å²) in [5.74, 6) is 0.997. The predicted molar refractivity (Wildman–Crippen MR) is 62.9 cm³/mol. The average Bonchev–Trinajstić information content (AvgIpc) is 2.77. The van der Waals surface area contributed by atoms with Crippen LogP contribution in [0.5, 0.6) is 0 Å². The molecular formula is C13H14N2O. The van der Waals surface area contributed by atoms with E-state index in [1.54, 1.807) is 6.20 Å². The number of carbonyl (C=O) groups is 1. The van der Waals surface area contributed by atoms with E-state index in [0.717, 1.165) is 30.6 Å². The third-order valence-corrected chi connectivity index (χ3v) is 2.51. The first kappa shape index (κ1) is 10.6. The van der Waals surface area contributed by atoms with E-state index in [0.29, 0.717) is 5.56 Å². The molecule has 0 aliphatic carbocycles. The smallest absolute Gasteiger partial charge is 0.152 e. The van der Waals surface area contributed by atoms with Gasteiger partial charge in [-0.2, -0.15) is 0 Å². The van der Waals surface area contributed by atoms with Gasteiger partial charge in [-0.25, -0.2) is 4.98 Å². The number of rotatable bonds is 4. The highest BCUT2D eigenvalue weighted by Crippen LogP contribution is 2.15. The number of aryl methyl sites for hydroxylation is 1. The van der Waals surface area contributed by atoms with Crippen molar-refractivity contribution in [1.29, 1.82) is 0 Å². The summed E-state index contributed by atoms with van der Waals surface area (Å²) in [6.07, 6.45) is 6.51. The summed E-state index contributed by atoms with van der Waals surface area (Å²) in [4.78, 5) is 15.3. The molecule has 0 spiro atoms. The van der Waals surface area contributed by atoms with Gasteiger partial charge in [0.05, 0.1) is 5.69 Å². The summed E-state index contributed by atoms with van der Waals surface area (Å²) in [6.45, 7) is 2.12. The molecule has 3 nitrogen and oxygen atoms in total. The van der Waals surface area contributed by atoms with Crippen LogP contribution >= 0.6 is 0 Å². The number of hydrogen-bond acceptors (Lipinski definition) is 2. The summed E-state index contributed by atoms with van der Waals surface area (Å²) in [7, 11) is 0. The molecule has 0 bridgehead atoms. The Hall–Kier alpha value is -1.90. The third-order valence-electron chi connectivity index (χ3n) is 2.51. The largest absolute Gasteiger partial charge is 0.303 e. The highest BCUT2D eigenvalue weighted by Gasteiger charge is 2.07. The number of carbonyl (C=O) groups excluding carboxylic acids is 1. The van der Waals surface area contributed by atoms with E-state index in [1.165, 1.54) is 0 Å². The van der Waals surface area contributed by atoms with Gasteiger partial charge in [0.2, 0.25) is 0 Å². The number of hydrogen-bond donors (Lipinski definition) is 0. The second kappa shape index (κ2) is 4.75. The Morgan fingerprint density at radius 1 is 1.38 bits per heavy atom. The summed E-state index contributed by atoms with van der Waals surface area (Å²) in [6, 6.07) is 7.55. The molecule has 0 atom stereocenters. The van der Waals surface area contributed by atoms with Crippen molar-refractivity contribution in [3.8, 4) is 5.69 Å². The molecule has 0 unspecified atom stereocenters. The van der Waals surface area contributed by atoms with Gasteiger partial charge in [0.15, 0.2) is 6.29 Å². The molecule has 0 N–H and O–H groups in total. The maximum Gasteiger partial charge on any atom is 0.152 e. The SMILES string of the molecule is CCCc1nccn1-c1ccccc1C=O. The van der Waals surface area contributed by atoms with Crippen LogP contribution in [0.15, 0.2) is 36.7 Å². The molecule has 0 amide bonds.